The van der Waals surface area contributed by atoms with E-state index in [-0.39, 0.29) is 38.8 Å². The standard InChI is InChI=1S/C24H18BrCl2N5O4/c1-3-13(2)23-30-20-6-4-15(25)10-17(20)24(33)31(23)29-11-14-8-18(26)22(19(27)9-14)36-21-7-5-16(12-28-21)32(34)35/h4-13H,3H2,1-2H3/t13-/m1/s1. The fraction of sp³-hybridized carbons (Fsp3) is 0.167. The molecule has 0 fully saturated rings. The molecule has 0 unspecified atom stereocenters. The van der Waals surface area contributed by atoms with E-state index in [4.69, 9.17) is 27.9 Å². The van der Waals surface area contributed by atoms with E-state index in [1.807, 2.05) is 19.9 Å². The molecule has 0 aliphatic carbocycles. The van der Waals surface area contributed by atoms with Gasteiger partial charge in [0.25, 0.3) is 11.2 Å². The van der Waals surface area contributed by atoms with Gasteiger partial charge in [0.2, 0.25) is 5.88 Å². The molecule has 12 heteroatoms. The highest BCUT2D eigenvalue weighted by molar-refractivity contribution is 9.10. The second kappa shape index (κ2) is 10.7. The smallest absolute Gasteiger partial charge is 0.287 e. The molecule has 0 saturated heterocycles. The van der Waals surface area contributed by atoms with Crippen molar-refractivity contribution >= 4 is 61.9 Å². The van der Waals surface area contributed by atoms with Crippen molar-refractivity contribution in [2.75, 3.05) is 0 Å². The second-order valence-electron chi connectivity index (χ2n) is 7.83. The summed E-state index contributed by atoms with van der Waals surface area (Å²) < 4.78 is 7.67. The fourth-order valence-electron chi connectivity index (χ4n) is 3.30. The van der Waals surface area contributed by atoms with Gasteiger partial charge in [0.1, 0.15) is 12.0 Å². The predicted octanol–water partition coefficient (Wildman–Crippen LogP) is 6.96. The van der Waals surface area contributed by atoms with Crippen LogP contribution in [0.15, 0.2) is 63.0 Å². The maximum Gasteiger partial charge on any atom is 0.287 e. The topological polar surface area (TPSA) is 113 Å². The van der Waals surface area contributed by atoms with E-state index in [1.54, 1.807) is 24.3 Å². The Balaban J connectivity index is 1.69. The summed E-state index contributed by atoms with van der Waals surface area (Å²) in [5, 5.41) is 16.0. The van der Waals surface area contributed by atoms with E-state index in [1.165, 1.54) is 23.0 Å². The average molecular weight is 591 g/mol. The SMILES string of the molecule is CC[C@@H](C)c1nc2ccc(Br)cc2c(=O)n1N=Cc1cc(Cl)c(Oc2ccc([N+](=O)[O-])cn2)c(Cl)c1. The minimum absolute atomic E-state index is 0.0138. The summed E-state index contributed by atoms with van der Waals surface area (Å²) in [5.74, 6) is 0.741. The molecule has 0 aliphatic heterocycles. The molecule has 0 amide bonds. The number of pyridine rings is 1. The van der Waals surface area contributed by atoms with Gasteiger partial charge >= 0.3 is 0 Å². The third-order valence-electron chi connectivity index (χ3n) is 5.37. The first-order chi connectivity index (χ1) is 17.2. The maximum atomic E-state index is 13.3. The highest BCUT2D eigenvalue weighted by Gasteiger charge is 2.16. The van der Waals surface area contributed by atoms with Crippen molar-refractivity contribution in [1.82, 2.24) is 14.6 Å². The van der Waals surface area contributed by atoms with Gasteiger partial charge in [-0.2, -0.15) is 9.78 Å². The van der Waals surface area contributed by atoms with Crippen LogP contribution in [0.3, 0.4) is 0 Å². The van der Waals surface area contributed by atoms with Gasteiger partial charge in [0.05, 0.1) is 32.1 Å². The third kappa shape index (κ3) is 5.40. The number of aromatic nitrogens is 3. The number of hydrogen-bond acceptors (Lipinski definition) is 7. The van der Waals surface area contributed by atoms with Gasteiger partial charge in [-0.25, -0.2) is 9.97 Å². The van der Waals surface area contributed by atoms with Crippen molar-refractivity contribution in [3.63, 3.8) is 0 Å². The Morgan fingerprint density at radius 1 is 1.22 bits per heavy atom. The molecular weight excluding hydrogens is 573 g/mol. The molecule has 0 radical (unpaired) electrons. The summed E-state index contributed by atoms with van der Waals surface area (Å²) in [6.45, 7) is 3.99. The van der Waals surface area contributed by atoms with Crippen molar-refractivity contribution in [2.24, 2.45) is 5.10 Å². The van der Waals surface area contributed by atoms with Gasteiger partial charge in [-0.15, -0.1) is 0 Å². The molecule has 1 atom stereocenters. The molecule has 0 saturated carbocycles. The van der Waals surface area contributed by atoms with Crippen molar-refractivity contribution < 1.29 is 9.66 Å². The van der Waals surface area contributed by atoms with Crippen LogP contribution in [0, 0.1) is 10.1 Å². The highest BCUT2D eigenvalue weighted by Crippen LogP contribution is 2.37. The molecule has 184 valence electrons. The van der Waals surface area contributed by atoms with Crippen LogP contribution in [0.5, 0.6) is 11.6 Å². The summed E-state index contributed by atoms with van der Waals surface area (Å²) in [7, 11) is 0. The van der Waals surface area contributed by atoms with E-state index in [2.05, 4.69) is 31.0 Å². The highest BCUT2D eigenvalue weighted by atomic mass is 79.9. The molecule has 2 aromatic heterocycles. The van der Waals surface area contributed by atoms with Crippen LogP contribution in [0.25, 0.3) is 10.9 Å². The lowest BCUT2D eigenvalue weighted by Gasteiger charge is -2.14. The van der Waals surface area contributed by atoms with E-state index >= 15 is 0 Å². The minimum atomic E-state index is -0.563. The molecule has 9 nitrogen and oxygen atoms in total. The van der Waals surface area contributed by atoms with Gasteiger partial charge in [-0.1, -0.05) is 53.0 Å². The zero-order valence-electron chi connectivity index (χ0n) is 19.0. The monoisotopic (exact) mass is 589 g/mol. The second-order valence-corrected chi connectivity index (χ2v) is 9.56. The van der Waals surface area contributed by atoms with Gasteiger partial charge in [-0.3, -0.25) is 14.9 Å². The number of fused-ring (bicyclic) bond motifs is 1. The molecular formula is C24H18BrCl2N5O4. The molecule has 0 aliphatic rings. The first-order valence-electron chi connectivity index (χ1n) is 10.7. The Bertz CT molecular complexity index is 1530. The molecule has 4 rings (SSSR count). The number of rotatable bonds is 7. The Labute approximate surface area is 223 Å². The molecule has 36 heavy (non-hydrogen) atoms. The quantitative estimate of drug-likeness (QED) is 0.131. The summed E-state index contributed by atoms with van der Waals surface area (Å²) in [6, 6.07) is 11.1. The lowest BCUT2D eigenvalue weighted by atomic mass is 10.1. The fourth-order valence-corrected chi connectivity index (χ4v) is 4.24. The molecule has 0 bridgehead atoms. The Kier molecular flexibility index (Phi) is 7.67. The number of nitrogens with zero attached hydrogens (tertiary/aromatic N) is 5. The summed E-state index contributed by atoms with van der Waals surface area (Å²) in [5.41, 5.74) is 0.644. The Morgan fingerprint density at radius 3 is 2.56 bits per heavy atom. The Hall–Kier alpha value is -3.34. The predicted molar refractivity (Wildman–Crippen MR) is 143 cm³/mol. The molecule has 2 aromatic carbocycles. The number of hydrogen-bond donors (Lipinski definition) is 0. The van der Waals surface area contributed by atoms with E-state index < -0.39 is 4.92 Å². The average Bonchev–Trinajstić information content (AvgIpc) is 2.85. The third-order valence-corrected chi connectivity index (χ3v) is 6.42. The summed E-state index contributed by atoms with van der Waals surface area (Å²) in [4.78, 5) is 32.1. The number of ether oxygens (including phenoxy) is 1. The molecule has 0 N–H and O–H groups in total. The normalized spacial score (nSPS) is 12.2. The summed E-state index contributed by atoms with van der Waals surface area (Å²) >= 11 is 16.2. The summed E-state index contributed by atoms with van der Waals surface area (Å²) in [6.07, 6.45) is 3.30. The van der Waals surface area contributed by atoms with Crippen molar-refractivity contribution in [3.8, 4) is 11.6 Å². The largest absolute Gasteiger partial charge is 0.436 e. The van der Waals surface area contributed by atoms with Crippen molar-refractivity contribution in [3.05, 3.63) is 95.0 Å². The zero-order chi connectivity index (χ0) is 26.0. The van der Waals surface area contributed by atoms with E-state index in [9.17, 15) is 14.9 Å². The lowest BCUT2D eigenvalue weighted by molar-refractivity contribution is -0.385. The van der Waals surface area contributed by atoms with Crippen molar-refractivity contribution in [2.45, 2.75) is 26.2 Å². The zero-order valence-corrected chi connectivity index (χ0v) is 22.1. The number of halogens is 3. The van der Waals surface area contributed by atoms with Gasteiger partial charge in [0, 0.05) is 22.5 Å². The minimum Gasteiger partial charge on any atom is -0.436 e. The first-order valence-corrected chi connectivity index (χ1v) is 12.3. The molecule has 0 spiro atoms. The lowest BCUT2D eigenvalue weighted by Crippen LogP contribution is -2.23. The number of benzene rings is 2. The first kappa shape index (κ1) is 25.7. The van der Waals surface area contributed by atoms with Crippen LogP contribution in [0.4, 0.5) is 5.69 Å². The molecule has 2 heterocycles. The van der Waals surface area contributed by atoms with Gasteiger partial charge in [-0.05, 0) is 42.3 Å². The van der Waals surface area contributed by atoms with Crippen LogP contribution >= 0.6 is 39.1 Å². The van der Waals surface area contributed by atoms with E-state index in [0.717, 1.165) is 17.1 Å². The number of nitro groups is 1. The Morgan fingerprint density at radius 2 is 1.94 bits per heavy atom. The van der Waals surface area contributed by atoms with Crippen LogP contribution in [-0.2, 0) is 0 Å². The van der Waals surface area contributed by atoms with E-state index in [0.29, 0.717) is 22.3 Å². The van der Waals surface area contributed by atoms with Crippen LogP contribution in [0.1, 0.15) is 37.6 Å². The van der Waals surface area contributed by atoms with Crippen LogP contribution in [0.2, 0.25) is 10.0 Å². The van der Waals surface area contributed by atoms with Crippen molar-refractivity contribution in [1.29, 1.82) is 0 Å². The van der Waals surface area contributed by atoms with Crippen LogP contribution < -0.4 is 10.3 Å². The van der Waals surface area contributed by atoms with Crippen LogP contribution in [-0.4, -0.2) is 25.8 Å². The maximum absolute atomic E-state index is 13.3. The van der Waals surface area contributed by atoms with Gasteiger partial charge in [0.15, 0.2) is 5.75 Å². The van der Waals surface area contributed by atoms with Gasteiger partial charge < -0.3 is 4.74 Å². The molecule has 4 aromatic rings.